The standard InChI is InChI=1S/C19H23FN2S/c1-23-18-10-9-16(20)12-15(18)13-22-17-8-5-11-21-19(17)14-6-3-2-4-7-14/h2-4,6-7,9-10,12,17,19,21-22H,5,8,11,13H2,1H3. The van der Waals surface area contributed by atoms with E-state index in [2.05, 4.69) is 34.9 Å². The first kappa shape index (κ1) is 16.5. The van der Waals surface area contributed by atoms with E-state index in [0.29, 0.717) is 18.6 Å². The van der Waals surface area contributed by atoms with Crippen molar-refractivity contribution in [1.29, 1.82) is 0 Å². The third kappa shape index (κ3) is 4.14. The second kappa shape index (κ2) is 7.95. The number of thioether (sulfide) groups is 1. The van der Waals surface area contributed by atoms with E-state index >= 15 is 0 Å². The molecular formula is C19H23FN2S. The summed E-state index contributed by atoms with van der Waals surface area (Å²) in [4.78, 5) is 1.14. The van der Waals surface area contributed by atoms with Crippen LogP contribution in [0.25, 0.3) is 0 Å². The summed E-state index contributed by atoms with van der Waals surface area (Å²) in [6.07, 6.45) is 4.34. The number of rotatable bonds is 5. The molecular weight excluding hydrogens is 307 g/mol. The summed E-state index contributed by atoms with van der Waals surface area (Å²) in [5, 5.41) is 7.27. The minimum absolute atomic E-state index is 0.166. The fourth-order valence-corrected chi connectivity index (χ4v) is 3.84. The van der Waals surface area contributed by atoms with Crippen LogP contribution in [0.4, 0.5) is 4.39 Å². The van der Waals surface area contributed by atoms with Crippen molar-refractivity contribution in [3.63, 3.8) is 0 Å². The fourth-order valence-electron chi connectivity index (χ4n) is 3.25. The van der Waals surface area contributed by atoms with Crippen molar-refractivity contribution < 1.29 is 4.39 Å². The van der Waals surface area contributed by atoms with E-state index in [1.54, 1.807) is 17.8 Å². The van der Waals surface area contributed by atoms with Crippen molar-refractivity contribution >= 4 is 11.8 Å². The van der Waals surface area contributed by atoms with E-state index in [0.717, 1.165) is 23.4 Å². The van der Waals surface area contributed by atoms with E-state index < -0.39 is 0 Å². The Morgan fingerprint density at radius 3 is 2.83 bits per heavy atom. The first-order valence-electron chi connectivity index (χ1n) is 8.12. The summed E-state index contributed by atoms with van der Waals surface area (Å²) in [7, 11) is 0. The van der Waals surface area contributed by atoms with Crippen LogP contribution in [0.1, 0.15) is 30.0 Å². The molecule has 1 aliphatic heterocycles. The molecule has 2 N–H and O–H groups in total. The Morgan fingerprint density at radius 2 is 2.04 bits per heavy atom. The molecule has 2 nitrogen and oxygen atoms in total. The molecule has 0 aromatic heterocycles. The van der Waals surface area contributed by atoms with Gasteiger partial charge in [0.05, 0.1) is 0 Å². The van der Waals surface area contributed by atoms with Gasteiger partial charge in [0, 0.05) is 23.5 Å². The van der Waals surface area contributed by atoms with Gasteiger partial charge < -0.3 is 10.6 Å². The van der Waals surface area contributed by atoms with Crippen molar-refractivity contribution in [2.45, 2.75) is 36.4 Å². The van der Waals surface area contributed by atoms with Gasteiger partial charge in [0.2, 0.25) is 0 Å². The zero-order valence-electron chi connectivity index (χ0n) is 13.4. The lowest BCUT2D eigenvalue weighted by molar-refractivity contribution is 0.304. The zero-order valence-corrected chi connectivity index (χ0v) is 14.2. The minimum atomic E-state index is -0.166. The molecule has 0 spiro atoms. The largest absolute Gasteiger partial charge is 0.309 e. The summed E-state index contributed by atoms with van der Waals surface area (Å²) in [6, 6.07) is 16.3. The van der Waals surface area contributed by atoms with Gasteiger partial charge in [-0.25, -0.2) is 4.39 Å². The van der Waals surface area contributed by atoms with Gasteiger partial charge in [-0.1, -0.05) is 30.3 Å². The van der Waals surface area contributed by atoms with Crippen LogP contribution >= 0.6 is 11.8 Å². The number of halogens is 1. The fraction of sp³-hybridized carbons (Fsp3) is 0.368. The Hall–Kier alpha value is -1.36. The molecule has 0 aliphatic carbocycles. The third-order valence-corrected chi connectivity index (χ3v) is 5.25. The first-order valence-corrected chi connectivity index (χ1v) is 9.34. The number of benzene rings is 2. The maximum atomic E-state index is 13.5. The average molecular weight is 330 g/mol. The van der Waals surface area contributed by atoms with Gasteiger partial charge in [-0.2, -0.15) is 0 Å². The molecule has 1 aliphatic rings. The van der Waals surface area contributed by atoms with Crippen LogP contribution in [0.5, 0.6) is 0 Å². The van der Waals surface area contributed by atoms with Crippen molar-refractivity contribution in [3.05, 3.63) is 65.5 Å². The van der Waals surface area contributed by atoms with Gasteiger partial charge in [-0.3, -0.25) is 0 Å². The third-order valence-electron chi connectivity index (χ3n) is 4.41. The van der Waals surface area contributed by atoms with E-state index in [-0.39, 0.29) is 5.82 Å². The molecule has 23 heavy (non-hydrogen) atoms. The lowest BCUT2D eigenvalue weighted by Gasteiger charge is -2.34. The Morgan fingerprint density at radius 1 is 1.22 bits per heavy atom. The molecule has 0 bridgehead atoms. The molecule has 3 rings (SSSR count). The van der Waals surface area contributed by atoms with Crippen molar-refractivity contribution in [3.8, 4) is 0 Å². The molecule has 0 amide bonds. The van der Waals surface area contributed by atoms with Crippen LogP contribution in [0.2, 0.25) is 0 Å². The van der Waals surface area contributed by atoms with Gasteiger partial charge in [0.25, 0.3) is 0 Å². The summed E-state index contributed by atoms with van der Waals surface area (Å²) in [6.45, 7) is 1.75. The summed E-state index contributed by atoms with van der Waals surface area (Å²) < 4.78 is 13.5. The van der Waals surface area contributed by atoms with Crippen LogP contribution in [0.3, 0.4) is 0 Å². The predicted molar refractivity (Wildman–Crippen MR) is 95.2 cm³/mol. The van der Waals surface area contributed by atoms with Crippen molar-refractivity contribution in [2.24, 2.45) is 0 Å². The molecule has 2 aromatic rings. The molecule has 0 radical (unpaired) electrons. The lowest BCUT2D eigenvalue weighted by atomic mass is 9.92. The normalized spacial score (nSPS) is 21.3. The Balaban J connectivity index is 1.72. The van der Waals surface area contributed by atoms with Crippen LogP contribution in [-0.2, 0) is 6.54 Å². The van der Waals surface area contributed by atoms with Crippen molar-refractivity contribution in [1.82, 2.24) is 10.6 Å². The second-order valence-electron chi connectivity index (χ2n) is 5.93. The molecule has 2 aromatic carbocycles. The van der Waals surface area contributed by atoms with Crippen LogP contribution < -0.4 is 10.6 Å². The van der Waals surface area contributed by atoms with E-state index in [4.69, 9.17) is 0 Å². The smallest absolute Gasteiger partial charge is 0.123 e. The van der Waals surface area contributed by atoms with Crippen molar-refractivity contribution in [2.75, 3.05) is 12.8 Å². The van der Waals surface area contributed by atoms with Gasteiger partial charge in [-0.05, 0) is 55.0 Å². The molecule has 4 heteroatoms. The van der Waals surface area contributed by atoms with Gasteiger partial charge >= 0.3 is 0 Å². The highest BCUT2D eigenvalue weighted by molar-refractivity contribution is 7.98. The van der Waals surface area contributed by atoms with Gasteiger partial charge in [0.1, 0.15) is 5.82 Å². The highest BCUT2D eigenvalue weighted by Gasteiger charge is 2.25. The summed E-state index contributed by atoms with van der Waals surface area (Å²) >= 11 is 1.67. The molecule has 2 unspecified atom stereocenters. The number of piperidine rings is 1. The van der Waals surface area contributed by atoms with Crippen LogP contribution in [-0.4, -0.2) is 18.8 Å². The number of nitrogens with one attached hydrogen (secondary N) is 2. The zero-order chi connectivity index (χ0) is 16.1. The molecule has 122 valence electrons. The summed E-state index contributed by atoms with van der Waals surface area (Å²) in [5.74, 6) is -0.166. The number of hydrogen-bond donors (Lipinski definition) is 2. The highest BCUT2D eigenvalue weighted by atomic mass is 32.2. The number of hydrogen-bond acceptors (Lipinski definition) is 3. The summed E-state index contributed by atoms with van der Waals surface area (Å²) in [5.41, 5.74) is 2.35. The molecule has 1 saturated heterocycles. The van der Waals surface area contributed by atoms with E-state index in [1.807, 2.05) is 18.4 Å². The molecule has 1 fully saturated rings. The maximum Gasteiger partial charge on any atom is 0.123 e. The first-order chi connectivity index (χ1) is 11.3. The quantitative estimate of drug-likeness (QED) is 0.806. The highest BCUT2D eigenvalue weighted by Crippen LogP contribution is 2.25. The molecule has 0 saturated carbocycles. The minimum Gasteiger partial charge on any atom is -0.309 e. The second-order valence-corrected chi connectivity index (χ2v) is 6.78. The Labute approximate surface area is 141 Å². The van der Waals surface area contributed by atoms with Crippen LogP contribution in [0.15, 0.2) is 53.4 Å². The Bertz CT molecular complexity index is 633. The van der Waals surface area contributed by atoms with Gasteiger partial charge in [0.15, 0.2) is 0 Å². The van der Waals surface area contributed by atoms with E-state index in [9.17, 15) is 4.39 Å². The topological polar surface area (TPSA) is 24.1 Å². The van der Waals surface area contributed by atoms with E-state index in [1.165, 1.54) is 18.1 Å². The van der Waals surface area contributed by atoms with Crippen LogP contribution in [0, 0.1) is 5.82 Å². The molecule has 2 atom stereocenters. The average Bonchev–Trinajstić information content (AvgIpc) is 2.61. The predicted octanol–water partition coefficient (Wildman–Crippen LogP) is 4.13. The molecule has 1 heterocycles. The lowest BCUT2D eigenvalue weighted by Crippen LogP contribution is -2.45. The SMILES string of the molecule is CSc1ccc(F)cc1CNC1CCCNC1c1ccccc1. The van der Waals surface area contributed by atoms with Gasteiger partial charge in [-0.15, -0.1) is 11.8 Å². The maximum absolute atomic E-state index is 13.5. The monoisotopic (exact) mass is 330 g/mol. The Kier molecular flexibility index (Phi) is 5.70.